The van der Waals surface area contributed by atoms with Crippen molar-refractivity contribution in [3.8, 4) is 11.1 Å². The summed E-state index contributed by atoms with van der Waals surface area (Å²) in [5.41, 5.74) is 4.94. The van der Waals surface area contributed by atoms with Crippen molar-refractivity contribution in [2.75, 3.05) is 0 Å². The highest BCUT2D eigenvalue weighted by molar-refractivity contribution is 5.68. The highest BCUT2D eigenvalue weighted by Crippen LogP contribution is 2.37. The first-order valence-electron chi connectivity index (χ1n) is 8.91. The molecule has 0 aliphatic rings. The van der Waals surface area contributed by atoms with Crippen molar-refractivity contribution >= 4 is 5.70 Å². The molecular weight excluding hydrogens is 379 g/mol. The molecule has 0 saturated carbocycles. The summed E-state index contributed by atoms with van der Waals surface area (Å²) in [5, 5.41) is 9.06. The molecule has 29 heavy (non-hydrogen) atoms. The average molecular weight is 399 g/mol. The zero-order chi connectivity index (χ0) is 20.9. The van der Waals surface area contributed by atoms with Crippen LogP contribution in [0, 0.1) is 0 Å². The molecule has 0 heterocycles. The van der Waals surface area contributed by atoms with E-state index in [0.717, 1.165) is 17.2 Å². The second kappa shape index (κ2) is 8.94. The van der Waals surface area contributed by atoms with E-state index < -0.39 is 11.7 Å². The lowest BCUT2D eigenvalue weighted by Gasteiger charge is -2.15. The Balaban J connectivity index is 1.70. The van der Waals surface area contributed by atoms with Gasteiger partial charge in [0.15, 0.2) is 0 Å². The summed E-state index contributed by atoms with van der Waals surface area (Å²) in [5.74, 6) is 0. The molecule has 0 spiro atoms. The number of nitrogens with one attached hydrogen (secondary N) is 1. The fraction of sp³-hybridized carbons (Fsp3) is 0.130. The van der Waals surface area contributed by atoms with Crippen molar-refractivity contribution in [1.82, 2.24) is 5.48 Å². The third-order valence-electron chi connectivity index (χ3n) is 4.39. The number of benzene rings is 3. The number of hydroxylamine groups is 1. The largest absolute Gasteiger partial charge is 0.417 e. The van der Waals surface area contributed by atoms with Gasteiger partial charge in [0.2, 0.25) is 0 Å². The second-order valence-electron chi connectivity index (χ2n) is 6.47. The molecule has 2 N–H and O–H groups in total. The average Bonchev–Trinajstić information content (AvgIpc) is 2.73. The molecule has 0 unspecified atom stereocenters. The smallest absolute Gasteiger partial charge is 0.392 e. The Kier molecular flexibility index (Phi) is 6.36. The van der Waals surface area contributed by atoms with Crippen molar-refractivity contribution < 1.29 is 23.1 Å². The molecule has 0 aliphatic heterocycles. The fourth-order valence-corrected chi connectivity index (χ4v) is 2.86. The molecule has 0 aromatic heterocycles. The minimum absolute atomic E-state index is 0.0583. The summed E-state index contributed by atoms with van der Waals surface area (Å²) < 4.78 is 40.7. The van der Waals surface area contributed by atoms with Crippen molar-refractivity contribution in [2.24, 2.45) is 0 Å². The van der Waals surface area contributed by atoms with E-state index in [1.54, 1.807) is 60.7 Å². The normalized spacial score (nSPS) is 11.3. The van der Waals surface area contributed by atoms with E-state index in [9.17, 15) is 13.2 Å². The SMILES string of the molecule is C=C(NOCc1ccc(-c2ccccc2)c(C(F)(F)F)c1)c1ccc(CO)cc1. The number of hydrogen-bond donors (Lipinski definition) is 2. The molecule has 0 atom stereocenters. The molecule has 3 aromatic carbocycles. The van der Waals surface area contributed by atoms with Gasteiger partial charge in [0, 0.05) is 0 Å². The lowest BCUT2D eigenvalue weighted by molar-refractivity contribution is -0.137. The van der Waals surface area contributed by atoms with E-state index in [1.165, 1.54) is 6.07 Å². The fourth-order valence-electron chi connectivity index (χ4n) is 2.86. The molecule has 3 rings (SSSR count). The number of halogens is 3. The highest BCUT2D eigenvalue weighted by atomic mass is 19.4. The Labute approximate surface area is 167 Å². The van der Waals surface area contributed by atoms with Crippen molar-refractivity contribution in [3.05, 3.63) is 102 Å². The van der Waals surface area contributed by atoms with Gasteiger partial charge in [-0.3, -0.25) is 10.3 Å². The maximum Gasteiger partial charge on any atom is 0.417 e. The maximum absolute atomic E-state index is 13.6. The van der Waals surface area contributed by atoms with Crippen LogP contribution in [0.15, 0.2) is 79.4 Å². The first-order valence-corrected chi connectivity index (χ1v) is 8.91. The third kappa shape index (κ3) is 5.25. The van der Waals surface area contributed by atoms with Crippen LogP contribution in [0.4, 0.5) is 13.2 Å². The van der Waals surface area contributed by atoms with Crippen LogP contribution < -0.4 is 5.48 Å². The van der Waals surface area contributed by atoms with E-state index in [2.05, 4.69) is 12.1 Å². The van der Waals surface area contributed by atoms with E-state index in [0.29, 0.717) is 16.8 Å². The molecule has 0 fully saturated rings. The Bertz CT molecular complexity index is 968. The molecule has 3 nitrogen and oxygen atoms in total. The second-order valence-corrected chi connectivity index (χ2v) is 6.47. The van der Waals surface area contributed by atoms with Gasteiger partial charge in [0.05, 0.1) is 24.5 Å². The molecule has 0 radical (unpaired) electrons. The third-order valence-corrected chi connectivity index (χ3v) is 4.39. The maximum atomic E-state index is 13.6. The van der Waals surface area contributed by atoms with Gasteiger partial charge in [-0.05, 0) is 33.9 Å². The summed E-state index contributed by atoms with van der Waals surface area (Å²) in [7, 11) is 0. The monoisotopic (exact) mass is 399 g/mol. The Hall–Kier alpha value is -3.09. The molecule has 0 amide bonds. The zero-order valence-corrected chi connectivity index (χ0v) is 15.5. The number of alkyl halides is 3. The van der Waals surface area contributed by atoms with E-state index in [4.69, 9.17) is 9.94 Å². The summed E-state index contributed by atoms with van der Waals surface area (Å²) in [6, 6.07) is 19.7. The predicted molar refractivity (Wildman–Crippen MR) is 106 cm³/mol. The number of rotatable bonds is 7. The summed E-state index contributed by atoms with van der Waals surface area (Å²) in [6.07, 6.45) is -4.48. The topological polar surface area (TPSA) is 41.5 Å². The first kappa shape index (κ1) is 20.6. The summed E-state index contributed by atoms with van der Waals surface area (Å²) >= 11 is 0. The van der Waals surface area contributed by atoms with Gasteiger partial charge in [-0.15, -0.1) is 0 Å². The van der Waals surface area contributed by atoms with E-state index >= 15 is 0 Å². The standard InChI is InChI=1S/C23H20F3NO2/c1-16(19-10-7-17(14-28)8-11-19)27-29-15-18-9-12-21(20-5-3-2-4-6-20)22(13-18)23(24,25)26/h2-13,27-28H,1,14-15H2. The van der Waals surface area contributed by atoms with Crippen LogP contribution >= 0.6 is 0 Å². The quantitative estimate of drug-likeness (QED) is 0.512. The van der Waals surface area contributed by atoms with Crippen LogP contribution in [0.25, 0.3) is 16.8 Å². The van der Waals surface area contributed by atoms with Crippen molar-refractivity contribution in [2.45, 2.75) is 19.4 Å². The molecule has 0 saturated heterocycles. The van der Waals surface area contributed by atoms with Crippen LogP contribution in [-0.4, -0.2) is 5.11 Å². The number of hydrogen-bond acceptors (Lipinski definition) is 3. The summed E-state index contributed by atoms with van der Waals surface area (Å²) in [6.45, 7) is 3.72. The van der Waals surface area contributed by atoms with Gasteiger partial charge in [-0.2, -0.15) is 13.2 Å². The lowest BCUT2D eigenvalue weighted by Crippen LogP contribution is -2.13. The van der Waals surface area contributed by atoms with Crippen molar-refractivity contribution in [1.29, 1.82) is 0 Å². The van der Waals surface area contributed by atoms with E-state index in [-0.39, 0.29) is 18.8 Å². The van der Waals surface area contributed by atoms with Gasteiger partial charge in [0.1, 0.15) is 0 Å². The Morgan fingerprint density at radius 2 is 1.59 bits per heavy atom. The number of aliphatic hydroxyl groups is 1. The van der Waals surface area contributed by atoms with Crippen molar-refractivity contribution in [3.63, 3.8) is 0 Å². The first-order chi connectivity index (χ1) is 13.9. The van der Waals surface area contributed by atoms with Crippen LogP contribution in [0.2, 0.25) is 0 Å². The summed E-state index contributed by atoms with van der Waals surface area (Å²) in [4.78, 5) is 5.34. The molecule has 0 bridgehead atoms. The van der Waals surface area contributed by atoms with Crippen LogP contribution in [0.1, 0.15) is 22.3 Å². The zero-order valence-electron chi connectivity index (χ0n) is 15.5. The Morgan fingerprint density at radius 1 is 0.931 bits per heavy atom. The minimum Gasteiger partial charge on any atom is -0.392 e. The molecular formula is C23H20F3NO2. The predicted octanol–water partition coefficient (Wildman–Crippen LogP) is 5.56. The van der Waals surface area contributed by atoms with Gasteiger partial charge < -0.3 is 5.11 Å². The Morgan fingerprint density at radius 3 is 2.21 bits per heavy atom. The lowest BCUT2D eigenvalue weighted by atomic mass is 9.97. The van der Waals surface area contributed by atoms with Gasteiger partial charge in [0.25, 0.3) is 0 Å². The molecule has 150 valence electrons. The van der Waals surface area contributed by atoms with Gasteiger partial charge in [-0.1, -0.05) is 73.3 Å². The minimum atomic E-state index is -4.48. The van der Waals surface area contributed by atoms with E-state index in [1.807, 2.05) is 0 Å². The van der Waals surface area contributed by atoms with Gasteiger partial charge >= 0.3 is 6.18 Å². The molecule has 3 aromatic rings. The van der Waals surface area contributed by atoms with Crippen LogP contribution in [0.5, 0.6) is 0 Å². The number of aliphatic hydroxyl groups excluding tert-OH is 1. The van der Waals surface area contributed by atoms with Crippen LogP contribution in [-0.2, 0) is 24.2 Å². The van der Waals surface area contributed by atoms with Crippen LogP contribution in [0.3, 0.4) is 0 Å². The molecule has 0 aliphatic carbocycles. The molecule has 6 heteroatoms. The highest BCUT2D eigenvalue weighted by Gasteiger charge is 2.33. The van der Waals surface area contributed by atoms with Gasteiger partial charge in [-0.25, -0.2) is 0 Å².